The van der Waals surface area contributed by atoms with Gasteiger partial charge in [-0.05, 0) is 24.3 Å². The van der Waals surface area contributed by atoms with Gasteiger partial charge in [0.2, 0.25) is 0 Å². The summed E-state index contributed by atoms with van der Waals surface area (Å²) in [5, 5.41) is 4.45. The second-order valence-corrected chi connectivity index (χ2v) is 3.59. The number of benzene rings is 1. The van der Waals surface area contributed by atoms with Crippen LogP contribution in [0.1, 0.15) is 0 Å². The van der Waals surface area contributed by atoms with Crippen LogP contribution in [0.3, 0.4) is 0 Å². The summed E-state index contributed by atoms with van der Waals surface area (Å²) in [5.41, 5.74) is 2.07. The minimum atomic E-state index is 0.855. The maximum Gasteiger partial charge on any atom is 0.154 e. The Morgan fingerprint density at radius 3 is 2.75 bits per heavy atom. The zero-order chi connectivity index (χ0) is 10.8. The third kappa shape index (κ3) is 1.52. The number of H-pyrrole nitrogens is 1. The number of hydrogen-bond donors (Lipinski definition) is 2. The van der Waals surface area contributed by atoms with Gasteiger partial charge in [-0.25, -0.2) is 4.98 Å². The number of nitrogens with zero attached hydrogens (tertiary/aromatic N) is 1. The van der Waals surface area contributed by atoms with Gasteiger partial charge in [0.15, 0.2) is 5.82 Å². The van der Waals surface area contributed by atoms with Gasteiger partial charge in [-0.3, -0.25) is 0 Å². The number of anilines is 2. The molecule has 0 saturated carbocycles. The van der Waals surface area contributed by atoms with Crippen LogP contribution in [0.15, 0.2) is 54.9 Å². The van der Waals surface area contributed by atoms with Crippen molar-refractivity contribution in [2.45, 2.75) is 0 Å². The molecule has 3 rings (SSSR count). The van der Waals surface area contributed by atoms with Gasteiger partial charge in [-0.1, -0.05) is 18.2 Å². The summed E-state index contributed by atoms with van der Waals surface area (Å²) >= 11 is 0. The summed E-state index contributed by atoms with van der Waals surface area (Å²) in [4.78, 5) is 7.52. The van der Waals surface area contributed by atoms with Gasteiger partial charge in [-0.2, -0.15) is 0 Å². The van der Waals surface area contributed by atoms with Crippen molar-refractivity contribution < 1.29 is 0 Å². The Hall–Kier alpha value is -2.29. The number of aromatic nitrogens is 2. The molecule has 0 aliphatic heterocycles. The van der Waals surface area contributed by atoms with Crippen LogP contribution >= 0.6 is 0 Å². The Morgan fingerprint density at radius 2 is 1.88 bits per heavy atom. The number of para-hydroxylation sites is 1. The molecule has 0 spiro atoms. The molecule has 0 saturated heterocycles. The van der Waals surface area contributed by atoms with E-state index in [0.717, 1.165) is 22.4 Å². The highest BCUT2D eigenvalue weighted by atomic mass is 15.0. The number of aromatic amines is 1. The van der Waals surface area contributed by atoms with Crippen LogP contribution in [0.2, 0.25) is 0 Å². The van der Waals surface area contributed by atoms with Crippen molar-refractivity contribution in [1.29, 1.82) is 0 Å². The van der Waals surface area contributed by atoms with Crippen molar-refractivity contribution in [2.24, 2.45) is 0 Å². The zero-order valence-electron chi connectivity index (χ0n) is 8.64. The van der Waals surface area contributed by atoms with Gasteiger partial charge in [0, 0.05) is 23.5 Å². The molecule has 3 aromatic rings. The summed E-state index contributed by atoms with van der Waals surface area (Å²) < 4.78 is 0. The third-order valence-corrected chi connectivity index (χ3v) is 2.51. The van der Waals surface area contributed by atoms with Crippen molar-refractivity contribution in [3.8, 4) is 0 Å². The molecule has 3 heteroatoms. The first-order valence-electron chi connectivity index (χ1n) is 5.18. The molecule has 2 aromatic heterocycles. The van der Waals surface area contributed by atoms with Gasteiger partial charge in [0.05, 0.1) is 5.52 Å². The molecule has 0 radical (unpaired) electrons. The molecule has 16 heavy (non-hydrogen) atoms. The Bertz CT molecular complexity index is 599. The predicted molar refractivity (Wildman–Crippen MR) is 65.8 cm³/mol. The first-order valence-corrected chi connectivity index (χ1v) is 5.18. The molecule has 0 amide bonds. The first-order chi connectivity index (χ1) is 7.93. The molecule has 3 nitrogen and oxygen atoms in total. The highest BCUT2D eigenvalue weighted by Gasteiger charge is 2.02. The standard InChI is InChI=1S/C13H11N3/c1-2-4-11(5-3-1)16-13-12-10(6-8-14-12)7-9-15-13/h1-9,14H,(H,15,16). The highest BCUT2D eigenvalue weighted by molar-refractivity contribution is 5.90. The Kier molecular flexibility index (Phi) is 2.07. The van der Waals surface area contributed by atoms with Crippen molar-refractivity contribution in [1.82, 2.24) is 9.97 Å². The van der Waals surface area contributed by atoms with E-state index in [9.17, 15) is 0 Å². The van der Waals surface area contributed by atoms with Gasteiger partial charge in [0.1, 0.15) is 0 Å². The number of rotatable bonds is 2. The van der Waals surface area contributed by atoms with Gasteiger partial charge >= 0.3 is 0 Å². The number of fused-ring (bicyclic) bond motifs is 1. The van der Waals surface area contributed by atoms with E-state index in [1.165, 1.54) is 0 Å². The number of hydrogen-bond acceptors (Lipinski definition) is 2. The van der Waals surface area contributed by atoms with Crippen molar-refractivity contribution >= 4 is 22.4 Å². The summed E-state index contributed by atoms with van der Waals surface area (Å²) in [7, 11) is 0. The Labute approximate surface area is 93.1 Å². The Balaban J connectivity index is 2.04. The van der Waals surface area contributed by atoms with E-state index in [0.29, 0.717) is 0 Å². The molecular weight excluding hydrogens is 198 g/mol. The minimum Gasteiger partial charge on any atom is -0.358 e. The second-order valence-electron chi connectivity index (χ2n) is 3.59. The molecule has 2 heterocycles. The average Bonchev–Trinajstić information content (AvgIpc) is 2.80. The maximum atomic E-state index is 4.33. The minimum absolute atomic E-state index is 0.855. The number of pyridine rings is 1. The summed E-state index contributed by atoms with van der Waals surface area (Å²) in [5.74, 6) is 0.855. The monoisotopic (exact) mass is 209 g/mol. The van der Waals surface area contributed by atoms with Gasteiger partial charge in [0.25, 0.3) is 0 Å². The molecule has 1 aromatic carbocycles. The molecular formula is C13H11N3. The van der Waals surface area contributed by atoms with Crippen molar-refractivity contribution in [3.05, 3.63) is 54.9 Å². The van der Waals surface area contributed by atoms with Crippen LogP contribution < -0.4 is 5.32 Å². The van der Waals surface area contributed by atoms with Crippen LogP contribution in [0.25, 0.3) is 10.9 Å². The summed E-state index contributed by atoms with van der Waals surface area (Å²) in [6.07, 6.45) is 3.73. The predicted octanol–water partition coefficient (Wildman–Crippen LogP) is 3.31. The smallest absolute Gasteiger partial charge is 0.154 e. The molecule has 0 unspecified atom stereocenters. The van der Waals surface area contributed by atoms with E-state index >= 15 is 0 Å². The van der Waals surface area contributed by atoms with E-state index in [-0.39, 0.29) is 0 Å². The fraction of sp³-hybridized carbons (Fsp3) is 0. The fourth-order valence-electron chi connectivity index (χ4n) is 1.74. The summed E-state index contributed by atoms with van der Waals surface area (Å²) in [6.45, 7) is 0. The quantitative estimate of drug-likeness (QED) is 0.679. The largest absolute Gasteiger partial charge is 0.358 e. The lowest BCUT2D eigenvalue weighted by molar-refractivity contribution is 1.32. The van der Waals surface area contributed by atoms with E-state index in [4.69, 9.17) is 0 Å². The first kappa shape index (κ1) is 8.97. The SMILES string of the molecule is c1ccc(Nc2nccc3cc[nH]c23)cc1. The molecule has 78 valence electrons. The lowest BCUT2D eigenvalue weighted by Gasteiger charge is -2.05. The molecule has 0 atom stereocenters. The topological polar surface area (TPSA) is 40.7 Å². The van der Waals surface area contributed by atoms with Crippen molar-refractivity contribution in [3.63, 3.8) is 0 Å². The van der Waals surface area contributed by atoms with Gasteiger partial charge in [-0.15, -0.1) is 0 Å². The fourth-order valence-corrected chi connectivity index (χ4v) is 1.74. The molecule has 0 aliphatic rings. The molecule has 0 fully saturated rings. The molecule has 0 aliphatic carbocycles. The normalized spacial score (nSPS) is 10.5. The second kappa shape index (κ2) is 3.70. The average molecular weight is 209 g/mol. The van der Waals surface area contributed by atoms with E-state index in [1.54, 1.807) is 6.20 Å². The third-order valence-electron chi connectivity index (χ3n) is 2.51. The Morgan fingerprint density at radius 1 is 1.00 bits per heavy atom. The van der Waals surface area contributed by atoms with Crippen LogP contribution in [-0.2, 0) is 0 Å². The summed E-state index contributed by atoms with van der Waals surface area (Å²) in [6, 6.07) is 14.0. The lowest BCUT2D eigenvalue weighted by Crippen LogP contribution is -1.93. The van der Waals surface area contributed by atoms with Crippen LogP contribution in [0, 0.1) is 0 Å². The zero-order valence-corrected chi connectivity index (χ0v) is 8.64. The highest BCUT2D eigenvalue weighted by Crippen LogP contribution is 2.22. The van der Waals surface area contributed by atoms with Crippen LogP contribution in [-0.4, -0.2) is 9.97 Å². The van der Waals surface area contributed by atoms with Crippen LogP contribution in [0.5, 0.6) is 0 Å². The maximum absolute atomic E-state index is 4.33. The van der Waals surface area contributed by atoms with Gasteiger partial charge < -0.3 is 10.3 Å². The van der Waals surface area contributed by atoms with E-state index in [2.05, 4.69) is 15.3 Å². The number of nitrogens with one attached hydrogen (secondary N) is 2. The molecule has 0 bridgehead atoms. The van der Waals surface area contributed by atoms with Crippen LogP contribution in [0.4, 0.5) is 11.5 Å². The lowest BCUT2D eigenvalue weighted by atomic mass is 10.3. The van der Waals surface area contributed by atoms with Crippen molar-refractivity contribution in [2.75, 3.05) is 5.32 Å². The molecule has 2 N–H and O–H groups in total. The van der Waals surface area contributed by atoms with E-state index in [1.807, 2.05) is 48.7 Å². The van der Waals surface area contributed by atoms with E-state index < -0.39 is 0 Å².